The first-order valence-corrected chi connectivity index (χ1v) is 11.2. The van der Waals surface area contributed by atoms with Crippen LogP contribution in [0.5, 0.6) is 0 Å². The molecule has 3 rings (SSSR count). The monoisotopic (exact) mass is 420 g/mol. The van der Waals surface area contributed by atoms with Gasteiger partial charge in [0, 0.05) is 41.7 Å². The molecule has 2 aromatic carbocycles. The fourth-order valence-electron chi connectivity index (χ4n) is 3.49. The maximum Gasteiger partial charge on any atom is 0.224 e. The second-order valence-corrected chi connectivity index (χ2v) is 8.62. The first-order chi connectivity index (χ1) is 13.6. The standard InChI is InChI=1S/C22H26ClFN2OS/c23-20-9-4-10-21(24)19(20)16-28-13-11-25-22(27)18-8-5-12-26(15-18)14-17-6-2-1-3-7-17/h1-4,6-7,9-10,18H,5,8,11-16H2,(H,25,27). The quantitative estimate of drug-likeness (QED) is 0.626. The van der Waals surface area contributed by atoms with Gasteiger partial charge >= 0.3 is 0 Å². The normalized spacial score (nSPS) is 17.4. The minimum absolute atomic E-state index is 0.0449. The fraction of sp³-hybridized carbons (Fsp3) is 0.409. The minimum atomic E-state index is -0.273. The number of thioether (sulfide) groups is 1. The molecule has 2 aromatic rings. The van der Waals surface area contributed by atoms with Crippen molar-refractivity contribution in [3.8, 4) is 0 Å². The smallest absolute Gasteiger partial charge is 0.224 e. The van der Waals surface area contributed by atoms with E-state index in [0.29, 0.717) is 22.9 Å². The van der Waals surface area contributed by atoms with Crippen LogP contribution in [0.3, 0.4) is 0 Å². The third-order valence-electron chi connectivity index (χ3n) is 4.98. The number of rotatable bonds is 8. The third kappa shape index (κ3) is 6.23. The van der Waals surface area contributed by atoms with E-state index in [-0.39, 0.29) is 17.6 Å². The molecule has 28 heavy (non-hydrogen) atoms. The second-order valence-electron chi connectivity index (χ2n) is 7.10. The molecule has 1 saturated heterocycles. The molecule has 6 heteroatoms. The molecule has 1 aliphatic rings. The number of carbonyl (C=O) groups is 1. The van der Waals surface area contributed by atoms with Gasteiger partial charge in [-0.1, -0.05) is 48.0 Å². The zero-order valence-electron chi connectivity index (χ0n) is 15.9. The SMILES string of the molecule is O=C(NCCSCc1c(F)cccc1Cl)C1CCCN(Cc2ccccc2)C1. The Kier molecular flexibility index (Phi) is 8.19. The molecule has 0 aromatic heterocycles. The van der Waals surface area contributed by atoms with Crippen LogP contribution in [0.2, 0.25) is 5.02 Å². The molecule has 150 valence electrons. The van der Waals surface area contributed by atoms with Crippen molar-refractivity contribution >= 4 is 29.3 Å². The zero-order valence-corrected chi connectivity index (χ0v) is 17.4. The Labute approximate surface area is 175 Å². The molecule has 0 saturated carbocycles. The summed E-state index contributed by atoms with van der Waals surface area (Å²) in [4.78, 5) is 14.9. The molecular weight excluding hydrogens is 395 g/mol. The highest BCUT2D eigenvalue weighted by Crippen LogP contribution is 2.24. The van der Waals surface area contributed by atoms with E-state index in [0.717, 1.165) is 38.2 Å². The van der Waals surface area contributed by atoms with Crippen LogP contribution in [0.25, 0.3) is 0 Å². The van der Waals surface area contributed by atoms with Crippen molar-refractivity contribution in [2.24, 2.45) is 5.92 Å². The summed E-state index contributed by atoms with van der Waals surface area (Å²) in [5.74, 6) is 1.14. The van der Waals surface area contributed by atoms with Gasteiger partial charge in [0.25, 0.3) is 0 Å². The van der Waals surface area contributed by atoms with Crippen molar-refractivity contribution in [1.82, 2.24) is 10.2 Å². The minimum Gasteiger partial charge on any atom is -0.355 e. The van der Waals surface area contributed by atoms with Crippen LogP contribution in [0.15, 0.2) is 48.5 Å². The van der Waals surface area contributed by atoms with Crippen LogP contribution in [-0.4, -0.2) is 36.2 Å². The largest absolute Gasteiger partial charge is 0.355 e. The lowest BCUT2D eigenvalue weighted by Gasteiger charge is -2.32. The molecule has 1 aliphatic heterocycles. The van der Waals surface area contributed by atoms with Crippen molar-refractivity contribution < 1.29 is 9.18 Å². The molecule has 1 amide bonds. The van der Waals surface area contributed by atoms with Gasteiger partial charge in [0.2, 0.25) is 5.91 Å². The fourth-order valence-corrected chi connectivity index (χ4v) is 4.69. The Morgan fingerprint density at radius 2 is 2.04 bits per heavy atom. The van der Waals surface area contributed by atoms with E-state index < -0.39 is 0 Å². The lowest BCUT2D eigenvalue weighted by Crippen LogP contribution is -2.43. The van der Waals surface area contributed by atoms with Crippen LogP contribution < -0.4 is 5.32 Å². The van der Waals surface area contributed by atoms with E-state index in [2.05, 4.69) is 34.5 Å². The summed E-state index contributed by atoms with van der Waals surface area (Å²) < 4.78 is 13.8. The number of amides is 1. The predicted octanol–water partition coefficient (Wildman–Crippen LogP) is 4.74. The Morgan fingerprint density at radius 3 is 2.82 bits per heavy atom. The lowest BCUT2D eigenvalue weighted by atomic mass is 9.96. The van der Waals surface area contributed by atoms with Crippen molar-refractivity contribution in [1.29, 1.82) is 0 Å². The topological polar surface area (TPSA) is 32.3 Å². The van der Waals surface area contributed by atoms with Crippen molar-refractivity contribution in [3.63, 3.8) is 0 Å². The average Bonchev–Trinajstić information content (AvgIpc) is 2.70. The van der Waals surface area contributed by atoms with E-state index >= 15 is 0 Å². The number of carbonyl (C=O) groups excluding carboxylic acids is 1. The molecule has 1 fully saturated rings. The number of benzene rings is 2. The number of hydrogen-bond acceptors (Lipinski definition) is 3. The molecule has 3 nitrogen and oxygen atoms in total. The lowest BCUT2D eigenvalue weighted by molar-refractivity contribution is -0.126. The highest BCUT2D eigenvalue weighted by atomic mass is 35.5. The maximum absolute atomic E-state index is 13.8. The third-order valence-corrected chi connectivity index (χ3v) is 6.32. The van der Waals surface area contributed by atoms with E-state index in [1.165, 1.54) is 11.6 Å². The van der Waals surface area contributed by atoms with E-state index in [1.807, 2.05) is 6.07 Å². The number of piperidine rings is 1. The average molecular weight is 421 g/mol. The summed E-state index contributed by atoms with van der Waals surface area (Å²) >= 11 is 7.61. The van der Waals surface area contributed by atoms with Crippen LogP contribution in [0.4, 0.5) is 4.39 Å². The van der Waals surface area contributed by atoms with Gasteiger partial charge in [-0.25, -0.2) is 4.39 Å². The van der Waals surface area contributed by atoms with Gasteiger partial charge in [0.05, 0.1) is 5.92 Å². The van der Waals surface area contributed by atoms with Gasteiger partial charge in [-0.15, -0.1) is 0 Å². The summed E-state index contributed by atoms with van der Waals surface area (Å²) in [6, 6.07) is 15.1. The number of hydrogen-bond donors (Lipinski definition) is 1. The zero-order chi connectivity index (χ0) is 19.8. The van der Waals surface area contributed by atoms with Gasteiger partial charge in [-0.3, -0.25) is 9.69 Å². The van der Waals surface area contributed by atoms with Gasteiger partial charge in [0.15, 0.2) is 0 Å². The highest BCUT2D eigenvalue weighted by molar-refractivity contribution is 7.98. The molecular formula is C22H26ClFN2OS. The van der Waals surface area contributed by atoms with Crippen LogP contribution in [-0.2, 0) is 17.1 Å². The molecule has 1 N–H and O–H groups in total. The highest BCUT2D eigenvalue weighted by Gasteiger charge is 2.25. The van der Waals surface area contributed by atoms with Crippen molar-refractivity contribution in [2.45, 2.75) is 25.1 Å². The van der Waals surface area contributed by atoms with E-state index in [9.17, 15) is 9.18 Å². The molecule has 0 spiro atoms. The van der Waals surface area contributed by atoms with Gasteiger partial charge in [-0.05, 0) is 37.1 Å². The Morgan fingerprint density at radius 1 is 1.21 bits per heavy atom. The van der Waals surface area contributed by atoms with Crippen LogP contribution >= 0.6 is 23.4 Å². The van der Waals surface area contributed by atoms with E-state index in [1.54, 1.807) is 23.9 Å². The predicted molar refractivity (Wildman–Crippen MR) is 115 cm³/mol. The first-order valence-electron chi connectivity index (χ1n) is 9.68. The molecule has 1 heterocycles. The van der Waals surface area contributed by atoms with Gasteiger partial charge in [-0.2, -0.15) is 11.8 Å². The molecule has 1 atom stereocenters. The Hall–Kier alpha value is -1.56. The second kappa shape index (κ2) is 10.8. The van der Waals surface area contributed by atoms with E-state index in [4.69, 9.17) is 11.6 Å². The van der Waals surface area contributed by atoms with Crippen molar-refractivity contribution in [2.75, 3.05) is 25.4 Å². The summed E-state index contributed by atoms with van der Waals surface area (Å²) in [5.41, 5.74) is 1.82. The first kappa shape index (κ1) is 21.2. The number of halogens is 2. The summed E-state index contributed by atoms with van der Waals surface area (Å²) in [6.45, 7) is 3.32. The number of nitrogens with one attached hydrogen (secondary N) is 1. The Balaban J connectivity index is 1.37. The summed E-state index contributed by atoms with van der Waals surface area (Å²) in [7, 11) is 0. The molecule has 0 radical (unpaired) electrons. The van der Waals surface area contributed by atoms with Crippen LogP contribution in [0.1, 0.15) is 24.0 Å². The molecule has 0 bridgehead atoms. The van der Waals surface area contributed by atoms with Crippen molar-refractivity contribution in [3.05, 3.63) is 70.5 Å². The molecule has 1 unspecified atom stereocenters. The number of likely N-dealkylation sites (tertiary alicyclic amines) is 1. The maximum atomic E-state index is 13.8. The van der Waals surface area contributed by atoms with Gasteiger partial charge < -0.3 is 5.32 Å². The molecule has 0 aliphatic carbocycles. The van der Waals surface area contributed by atoms with Gasteiger partial charge in [0.1, 0.15) is 5.82 Å². The summed E-state index contributed by atoms with van der Waals surface area (Å²) in [5, 5.41) is 3.49. The summed E-state index contributed by atoms with van der Waals surface area (Å²) in [6.07, 6.45) is 1.99. The number of nitrogens with zero attached hydrogens (tertiary/aromatic N) is 1. The Bertz CT molecular complexity index is 754. The van der Waals surface area contributed by atoms with Crippen LogP contribution in [0, 0.1) is 11.7 Å².